The van der Waals surface area contributed by atoms with Crippen LogP contribution in [0.3, 0.4) is 0 Å². The summed E-state index contributed by atoms with van der Waals surface area (Å²) in [6, 6.07) is 0. The van der Waals surface area contributed by atoms with Gasteiger partial charge in [0.25, 0.3) is 0 Å². The van der Waals surface area contributed by atoms with Gasteiger partial charge in [0.15, 0.2) is 0 Å². The van der Waals surface area contributed by atoms with Crippen LogP contribution in [-0.2, 0) is 4.43 Å². The maximum Gasteiger partial charge on any atom is 0.308 e. The van der Waals surface area contributed by atoms with Crippen molar-refractivity contribution in [2.75, 3.05) is 6.61 Å². The molecule has 0 spiro atoms. The average molecular weight is 261 g/mol. The summed E-state index contributed by atoms with van der Waals surface area (Å²) in [5, 5.41) is 0. The lowest BCUT2D eigenvalue weighted by molar-refractivity contribution is 0.329. The van der Waals surface area contributed by atoms with Gasteiger partial charge in [0.2, 0.25) is 0 Å². The van der Waals surface area contributed by atoms with Crippen LogP contribution in [0, 0.1) is 0 Å². The van der Waals surface area contributed by atoms with E-state index in [0.717, 1.165) is 6.61 Å². The fourth-order valence-corrected chi connectivity index (χ4v) is 2.39. The van der Waals surface area contributed by atoms with Crippen LogP contribution in [0.25, 0.3) is 0 Å². The van der Waals surface area contributed by atoms with Crippen LogP contribution in [0.5, 0.6) is 0 Å². The summed E-state index contributed by atoms with van der Waals surface area (Å²) in [5.74, 6) is 0. The minimum Gasteiger partial charge on any atom is -0.407 e. The van der Waals surface area contributed by atoms with Crippen molar-refractivity contribution in [3.8, 4) is 0 Å². The van der Waals surface area contributed by atoms with Crippen molar-refractivity contribution >= 4 is 21.0 Å². The van der Waals surface area contributed by atoms with E-state index in [0.29, 0.717) is 8.91 Å². The maximum absolute atomic E-state index is 5.21. The summed E-state index contributed by atoms with van der Waals surface area (Å²) < 4.78 is 5.21. The Kier molecular flexibility index (Phi) is 16.0. The second-order valence-corrected chi connectivity index (χ2v) is 5.49. The number of hydrogen-bond acceptors (Lipinski definition) is 2. The number of hydrogen-bond donors (Lipinski definition) is 1. The minimum atomic E-state index is 0.364. The van der Waals surface area contributed by atoms with Crippen LogP contribution < -0.4 is 0 Å². The van der Waals surface area contributed by atoms with E-state index in [1.54, 1.807) is 0 Å². The van der Waals surface area contributed by atoms with Gasteiger partial charge < -0.3 is 4.43 Å². The molecule has 0 saturated carbocycles. The second-order valence-electron chi connectivity index (χ2n) is 4.48. The predicted molar refractivity (Wildman–Crippen MR) is 77.2 cm³/mol. The van der Waals surface area contributed by atoms with Crippen LogP contribution >= 0.6 is 12.1 Å². The molecule has 2 radical (unpaired) electrons. The van der Waals surface area contributed by atoms with E-state index in [1.807, 2.05) is 0 Å². The topological polar surface area (TPSA) is 9.23 Å². The number of thiol groups is 1. The summed E-state index contributed by atoms with van der Waals surface area (Å²) in [7, 11) is 0.364. The minimum absolute atomic E-state index is 0.364. The molecule has 1 nitrogen and oxygen atoms in total. The Morgan fingerprint density at radius 1 is 0.750 bits per heavy atom. The highest BCUT2D eigenvalue weighted by molar-refractivity contribution is 8.06. The van der Waals surface area contributed by atoms with Gasteiger partial charge in [-0.2, -0.15) is 12.1 Å². The Morgan fingerprint density at radius 3 is 1.62 bits per heavy atom. The Hall–Kier alpha value is 0.527. The molecule has 0 aliphatic heterocycles. The Bertz CT molecular complexity index is 109. The standard InChI is InChI=1S/C13H28OSSi/c1-2-3-4-5-6-7-8-9-10-11-12-13-14-16-15/h15H,2-13H2,1H3. The Labute approximate surface area is 110 Å². The lowest BCUT2D eigenvalue weighted by Gasteiger charge is -2.02. The molecule has 3 heteroatoms. The quantitative estimate of drug-likeness (QED) is 0.285. The first-order valence-corrected chi connectivity index (χ1v) is 9.12. The van der Waals surface area contributed by atoms with E-state index in [1.165, 1.54) is 70.6 Å². The third kappa shape index (κ3) is 14.5. The maximum atomic E-state index is 5.21. The molecule has 0 fully saturated rings. The molecule has 0 aromatic heterocycles. The average Bonchev–Trinajstić information content (AvgIpc) is 2.31. The van der Waals surface area contributed by atoms with Gasteiger partial charge in [0.1, 0.15) is 0 Å². The molecule has 0 heterocycles. The molecule has 0 atom stereocenters. The molecule has 0 aliphatic rings. The van der Waals surface area contributed by atoms with Gasteiger partial charge in [0.05, 0.1) is 0 Å². The lowest BCUT2D eigenvalue weighted by Crippen LogP contribution is -1.94. The predicted octanol–water partition coefficient (Wildman–Crippen LogP) is 4.78. The first kappa shape index (κ1) is 16.5. The first-order valence-electron chi connectivity index (χ1n) is 6.92. The first-order chi connectivity index (χ1) is 7.91. The number of rotatable bonds is 13. The van der Waals surface area contributed by atoms with Gasteiger partial charge in [-0.1, -0.05) is 71.1 Å². The van der Waals surface area contributed by atoms with Crippen molar-refractivity contribution < 1.29 is 4.43 Å². The van der Waals surface area contributed by atoms with Gasteiger partial charge >= 0.3 is 8.91 Å². The van der Waals surface area contributed by atoms with Crippen LogP contribution in [0.2, 0.25) is 0 Å². The van der Waals surface area contributed by atoms with E-state index < -0.39 is 0 Å². The van der Waals surface area contributed by atoms with Crippen LogP contribution in [0.1, 0.15) is 77.6 Å². The van der Waals surface area contributed by atoms with Gasteiger partial charge in [-0.05, 0) is 6.42 Å². The SMILES string of the molecule is CCCCCCCCCCCCCO[Si]S. The highest BCUT2D eigenvalue weighted by Crippen LogP contribution is 2.11. The molecular formula is C13H28OSSi. The summed E-state index contributed by atoms with van der Waals surface area (Å²) >= 11 is 4.03. The number of unbranched alkanes of at least 4 members (excludes halogenated alkanes) is 10. The van der Waals surface area contributed by atoms with Crippen molar-refractivity contribution in [3.05, 3.63) is 0 Å². The van der Waals surface area contributed by atoms with Crippen molar-refractivity contribution in [1.82, 2.24) is 0 Å². The zero-order valence-corrected chi connectivity index (χ0v) is 12.7. The summed E-state index contributed by atoms with van der Waals surface area (Å²) in [6.07, 6.45) is 15.3. The molecule has 0 amide bonds. The molecular weight excluding hydrogens is 232 g/mol. The van der Waals surface area contributed by atoms with Gasteiger partial charge in [-0.25, -0.2) is 0 Å². The van der Waals surface area contributed by atoms with E-state index in [2.05, 4.69) is 19.0 Å². The fraction of sp³-hybridized carbons (Fsp3) is 1.00. The largest absolute Gasteiger partial charge is 0.407 e. The molecule has 96 valence electrons. The molecule has 0 unspecified atom stereocenters. The molecule has 0 saturated heterocycles. The Morgan fingerprint density at radius 2 is 1.19 bits per heavy atom. The van der Waals surface area contributed by atoms with E-state index >= 15 is 0 Å². The molecule has 0 N–H and O–H groups in total. The normalized spacial score (nSPS) is 10.9. The smallest absolute Gasteiger partial charge is 0.308 e. The zero-order chi connectivity index (χ0) is 11.9. The van der Waals surface area contributed by atoms with Crippen molar-refractivity contribution in [3.63, 3.8) is 0 Å². The summed E-state index contributed by atoms with van der Waals surface area (Å²) in [5.41, 5.74) is 0. The zero-order valence-electron chi connectivity index (χ0n) is 10.8. The molecule has 0 aromatic rings. The van der Waals surface area contributed by atoms with Gasteiger partial charge in [-0.3, -0.25) is 0 Å². The fourth-order valence-electron chi connectivity index (χ4n) is 1.88. The Balaban J connectivity index is 2.83. The van der Waals surface area contributed by atoms with E-state index in [4.69, 9.17) is 4.43 Å². The van der Waals surface area contributed by atoms with Crippen molar-refractivity contribution in [2.45, 2.75) is 77.6 Å². The summed E-state index contributed by atoms with van der Waals surface area (Å²) in [6.45, 7) is 3.18. The van der Waals surface area contributed by atoms with Crippen LogP contribution in [-0.4, -0.2) is 15.5 Å². The molecule has 0 bridgehead atoms. The monoisotopic (exact) mass is 260 g/mol. The lowest BCUT2D eigenvalue weighted by atomic mass is 10.1. The van der Waals surface area contributed by atoms with Crippen LogP contribution in [0.4, 0.5) is 0 Å². The highest BCUT2D eigenvalue weighted by atomic mass is 32.3. The molecule has 0 aliphatic carbocycles. The molecule has 0 aromatic carbocycles. The third-order valence-corrected chi connectivity index (χ3v) is 3.64. The van der Waals surface area contributed by atoms with Gasteiger partial charge in [0, 0.05) is 6.61 Å². The highest BCUT2D eigenvalue weighted by Gasteiger charge is 1.93. The molecule has 16 heavy (non-hydrogen) atoms. The van der Waals surface area contributed by atoms with Crippen molar-refractivity contribution in [2.24, 2.45) is 0 Å². The summed E-state index contributed by atoms with van der Waals surface area (Å²) in [4.78, 5) is 0. The van der Waals surface area contributed by atoms with Gasteiger partial charge in [-0.15, -0.1) is 0 Å². The second kappa shape index (κ2) is 15.5. The van der Waals surface area contributed by atoms with E-state index in [-0.39, 0.29) is 0 Å². The van der Waals surface area contributed by atoms with Crippen LogP contribution in [0.15, 0.2) is 0 Å². The third-order valence-electron chi connectivity index (χ3n) is 2.91. The van der Waals surface area contributed by atoms with Crippen molar-refractivity contribution in [1.29, 1.82) is 0 Å². The van der Waals surface area contributed by atoms with E-state index in [9.17, 15) is 0 Å². The molecule has 0 rings (SSSR count).